The maximum atomic E-state index is 10.5. The first-order chi connectivity index (χ1) is 8.54. The van der Waals surface area contributed by atoms with Gasteiger partial charge in [-0.05, 0) is 6.07 Å². The fourth-order valence-corrected chi connectivity index (χ4v) is 1.57. The number of rotatable bonds is 4. The summed E-state index contributed by atoms with van der Waals surface area (Å²) in [6.45, 7) is -0.222. The highest BCUT2D eigenvalue weighted by atomic mass is 31.2. The van der Waals surface area contributed by atoms with Gasteiger partial charge in [0.2, 0.25) is 0 Å². The fraction of sp³-hybridized carbons (Fsp3) is 0.100. The van der Waals surface area contributed by atoms with Crippen LogP contribution in [0, 0.1) is 0 Å². The molecule has 8 heteroatoms. The molecule has 2 rings (SSSR count). The molecule has 18 heavy (non-hydrogen) atoms. The van der Waals surface area contributed by atoms with E-state index in [1.165, 1.54) is 4.57 Å². The Hall–Kier alpha value is -1.66. The van der Waals surface area contributed by atoms with Crippen LogP contribution in [0.1, 0.15) is 0 Å². The average molecular weight is 268 g/mol. The summed E-state index contributed by atoms with van der Waals surface area (Å²) in [6, 6.07) is 5.19. The molecular formula is C10H11N3O4P+. The van der Waals surface area contributed by atoms with Gasteiger partial charge < -0.3 is 9.79 Å². The van der Waals surface area contributed by atoms with Crippen LogP contribution in [-0.2, 0) is 15.8 Å². The van der Waals surface area contributed by atoms with E-state index in [-0.39, 0.29) is 6.73 Å². The van der Waals surface area contributed by atoms with Crippen LogP contribution >= 0.6 is 7.82 Å². The second kappa shape index (κ2) is 5.32. The van der Waals surface area contributed by atoms with Crippen molar-refractivity contribution >= 4 is 7.82 Å². The Balaban J connectivity index is 2.09. The van der Waals surface area contributed by atoms with Gasteiger partial charge in [0.05, 0.1) is 0 Å². The topological polar surface area (TPSA) is 96.4 Å². The van der Waals surface area contributed by atoms with Crippen molar-refractivity contribution in [2.45, 2.75) is 6.73 Å². The second-order valence-corrected chi connectivity index (χ2v) is 4.66. The monoisotopic (exact) mass is 268 g/mol. The van der Waals surface area contributed by atoms with Crippen LogP contribution in [0.4, 0.5) is 0 Å². The van der Waals surface area contributed by atoms with Gasteiger partial charge in [-0.25, -0.2) is 19.1 Å². The quantitative estimate of drug-likeness (QED) is 0.619. The normalized spacial score (nSPS) is 11.4. The predicted octanol–water partition coefficient (Wildman–Crippen LogP) is 0.498. The molecule has 7 nitrogen and oxygen atoms in total. The number of hydrogen-bond donors (Lipinski definition) is 2. The van der Waals surface area contributed by atoms with Gasteiger partial charge in [0.1, 0.15) is 0 Å². The first kappa shape index (κ1) is 12.8. The largest absolute Gasteiger partial charge is 0.474 e. The van der Waals surface area contributed by atoms with Crippen molar-refractivity contribution in [2.75, 3.05) is 0 Å². The summed E-state index contributed by atoms with van der Waals surface area (Å²) in [6.07, 6.45) is 6.53. The zero-order valence-corrected chi connectivity index (χ0v) is 10.1. The number of aromatic nitrogens is 3. The lowest BCUT2D eigenvalue weighted by Gasteiger charge is -2.02. The molecule has 0 aliphatic carbocycles. The summed E-state index contributed by atoms with van der Waals surface area (Å²) in [7, 11) is -4.45. The number of hydrogen-bond acceptors (Lipinski definition) is 4. The van der Waals surface area contributed by atoms with Gasteiger partial charge in [-0.15, -0.1) is 0 Å². The smallest absolute Gasteiger partial charge is 0.303 e. The van der Waals surface area contributed by atoms with Crippen molar-refractivity contribution < 1.29 is 23.4 Å². The molecular weight excluding hydrogens is 257 g/mol. The minimum atomic E-state index is -4.45. The third kappa shape index (κ3) is 3.68. The molecule has 0 aromatic carbocycles. The minimum absolute atomic E-state index is 0.222. The molecule has 0 saturated carbocycles. The first-order valence-electron chi connectivity index (χ1n) is 5.01. The Kier molecular flexibility index (Phi) is 3.78. The van der Waals surface area contributed by atoms with Crippen LogP contribution in [0.5, 0.6) is 0 Å². The van der Waals surface area contributed by atoms with Crippen molar-refractivity contribution in [3.63, 3.8) is 0 Å². The van der Waals surface area contributed by atoms with E-state index < -0.39 is 7.82 Å². The van der Waals surface area contributed by atoms with Crippen molar-refractivity contribution in [1.82, 2.24) is 9.97 Å². The van der Waals surface area contributed by atoms with E-state index in [4.69, 9.17) is 9.79 Å². The Bertz CT molecular complexity index is 555. The van der Waals surface area contributed by atoms with E-state index in [1.807, 2.05) is 0 Å². The Morgan fingerprint density at radius 3 is 2.39 bits per heavy atom. The molecule has 2 N–H and O–H groups in total. The molecule has 2 aromatic heterocycles. The Morgan fingerprint density at radius 1 is 1.22 bits per heavy atom. The van der Waals surface area contributed by atoms with Gasteiger partial charge >= 0.3 is 7.82 Å². The van der Waals surface area contributed by atoms with E-state index >= 15 is 0 Å². The summed E-state index contributed by atoms with van der Waals surface area (Å²) >= 11 is 0. The highest BCUT2D eigenvalue weighted by Gasteiger charge is 2.16. The standard InChI is InChI=1S/C10H10N3O4P/c14-18(15,16)17-8-13-6-2-9(3-7-13)10-11-4-1-5-12-10/h1-7H,8H2,(H-,14,15,16)/p+1. The first-order valence-corrected chi connectivity index (χ1v) is 6.54. The summed E-state index contributed by atoms with van der Waals surface area (Å²) in [5, 5.41) is 0. The molecule has 0 unspecified atom stereocenters. The van der Waals surface area contributed by atoms with Crippen LogP contribution in [0.25, 0.3) is 11.4 Å². The van der Waals surface area contributed by atoms with Crippen molar-refractivity contribution in [3.8, 4) is 11.4 Å². The molecule has 0 saturated heterocycles. The molecule has 0 aliphatic rings. The lowest BCUT2D eigenvalue weighted by molar-refractivity contribution is -0.725. The molecule has 2 aromatic rings. The van der Waals surface area contributed by atoms with Gasteiger partial charge in [0.25, 0.3) is 6.73 Å². The molecule has 0 spiro atoms. The highest BCUT2D eigenvalue weighted by Crippen LogP contribution is 2.35. The SMILES string of the molecule is O=P(O)(O)OC[n+]1ccc(-c2ncccn2)cc1. The minimum Gasteiger partial charge on any atom is -0.303 e. The molecule has 94 valence electrons. The molecule has 0 atom stereocenters. The molecule has 0 fully saturated rings. The van der Waals surface area contributed by atoms with Gasteiger partial charge in [-0.2, -0.15) is 4.57 Å². The molecule has 0 amide bonds. The van der Waals surface area contributed by atoms with E-state index in [0.29, 0.717) is 5.82 Å². The number of pyridine rings is 1. The van der Waals surface area contributed by atoms with Crippen molar-refractivity contribution in [1.29, 1.82) is 0 Å². The Labute approximate surface area is 103 Å². The van der Waals surface area contributed by atoms with Gasteiger partial charge in [0, 0.05) is 30.1 Å². The van der Waals surface area contributed by atoms with E-state index in [2.05, 4.69) is 14.5 Å². The molecule has 2 heterocycles. The maximum absolute atomic E-state index is 10.5. The number of phosphoric ester groups is 1. The van der Waals surface area contributed by atoms with Crippen LogP contribution in [0.3, 0.4) is 0 Å². The Morgan fingerprint density at radius 2 is 1.83 bits per heavy atom. The number of nitrogens with zero attached hydrogens (tertiary/aromatic N) is 3. The zero-order valence-electron chi connectivity index (χ0n) is 9.25. The van der Waals surface area contributed by atoms with Crippen molar-refractivity contribution in [2.24, 2.45) is 0 Å². The maximum Gasteiger partial charge on any atom is 0.474 e. The van der Waals surface area contributed by atoms with Crippen LogP contribution < -0.4 is 4.57 Å². The lowest BCUT2D eigenvalue weighted by atomic mass is 10.2. The summed E-state index contributed by atoms with van der Waals surface area (Å²) in [5.74, 6) is 0.584. The van der Waals surface area contributed by atoms with Gasteiger partial charge in [-0.3, -0.25) is 0 Å². The van der Waals surface area contributed by atoms with Gasteiger partial charge in [-0.1, -0.05) is 0 Å². The summed E-state index contributed by atoms with van der Waals surface area (Å²) < 4.78 is 16.4. The molecule has 0 bridgehead atoms. The zero-order chi connectivity index (χ0) is 13.0. The fourth-order valence-electron chi connectivity index (χ4n) is 1.28. The van der Waals surface area contributed by atoms with Crippen LogP contribution in [0.2, 0.25) is 0 Å². The molecule has 0 radical (unpaired) electrons. The van der Waals surface area contributed by atoms with E-state index in [0.717, 1.165) is 5.56 Å². The van der Waals surface area contributed by atoms with E-state index in [1.54, 1.807) is 43.0 Å². The highest BCUT2D eigenvalue weighted by molar-refractivity contribution is 7.46. The second-order valence-electron chi connectivity index (χ2n) is 3.42. The summed E-state index contributed by atoms with van der Waals surface area (Å²) in [4.78, 5) is 25.3. The van der Waals surface area contributed by atoms with Crippen LogP contribution in [0.15, 0.2) is 43.0 Å². The lowest BCUT2D eigenvalue weighted by Crippen LogP contribution is -2.33. The summed E-state index contributed by atoms with van der Waals surface area (Å²) in [5.41, 5.74) is 0.808. The third-order valence-electron chi connectivity index (χ3n) is 2.09. The average Bonchev–Trinajstić information content (AvgIpc) is 2.37. The number of phosphoric acid groups is 1. The predicted molar refractivity (Wildman–Crippen MR) is 60.8 cm³/mol. The van der Waals surface area contributed by atoms with E-state index in [9.17, 15) is 4.57 Å². The van der Waals surface area contributed by atoms with Crippen LogP contribution in [-0.4, -0.2) is 19.8 Å². The van der Waals surface area contributed by atoms with Crippen molar-refractivity contribution in [3.05, 3.63) is 43.0 Å². The van der Waals surface area contributed by atoms with Gasteiger partial charge in [0.15, 0.2) is 18.2 Å². The third-order valence-corrected chi connectivity index (χ3v) is 2.54. The molecule has 0 aliphatic heterocycles.